The van der Waals surface area contributed by atoms with Gasteiger partial charge in [0.05, 0.1) is 19.5 Å². The summed E-state index contributed by atoms with van der Waals surface area (Å²) in [7, 11) is 0. The molecule has 240 valence electrons. The van der Waals surface area contributed by atoms with Crippen LogP contribution in [0.1, 0.15) is 0 Å². The molecular formula is C40H20F2N2O2S4. The maximum atomic E-state index is 14.9. The normalized spacial score (nSPS) is 11.8. The van der Waals surface area contributed by atoms with E-state index in [1.165, 1.54) is 45.3 Å². The Morgan fingerprint density at radius 1 is 0.420 bits per heavy atom. The Hall–Kier alpha value is -5.26. The molecule has 4 aromatic carbocycles. The van der Waals surface area contributed by atoms with E-state index in [0.29, 0.717) is 32.7 Å². The summed E-state index contributed by atoms with van der Waals surface area (Å²) in [4.78, 5) is 16.2. The van der Waals surface area contributed by atoms with Gasteiger partial charge in [0, 0.05) is 19.5 Å². The molecule has 10 heteroatoms. The molecule has 0 saturated heterocycles. The van der Waals surface area contributed by atoms with E-state index in [9.17, 15) is 8.78 Å². The predicted molar refractivity (Wildman–Crippen MR) is 203 cm³/mol. The molecule has 0 radical (unpaired) electrons. The van der Waals surface area contributed by atoms with Gasteiger partial charge < -0.3 is 8.83 Å². The van der Waals surface area contributed by atoms with Crippen LogP contribution in [0.3, 0.4) is 0 Å². The van der Waals surface area contributed by atoms with Crippen LogP contribution in [0.4, 0.5) is 8.78 Å². The van der Waals surface area contributed by atoms with Crippen LogP contribution in [0.25, 0.3) is 94.9 Å². The SMILES string of the molecule is Fc1cc(-c2ccc(-c3nc4cc5cc6oc(-c7ccc(-c8cc(F)c(-c9ccccc9)s8)s7)nc6cc5cc4o3)s2)sc1-c1ccccc1. The number of halogens is 2. The van der Waals surface area contributed by atoms with Gasteiger partial charge in [-0.05, 0) is 82.6 Å². The Balaban J connectivity index is 0.936. The Bertz CT molecular complexity index is 2600. The smallest absolute Gasteiger partial charge is 0.237 e. The summed E-state index contributed by atoms with van der Waals surface area (Å²) in [5, 5.41) is 1.91. The van der Waals surface area contributed by atoms with Gasteiger partial charge in [-0.2, -0.15) is 0 Å². The number of nitrogens with zero attached hydrogens (tertiary/aromatic N) is 2. The molecule has 0 aliphatic rings. The van der Waals surface area contributed by atoms with Crippen LogP contribution in [0, 0.1) is 11.6 Å². The molecule has 6 aromatic heterocycles. The molecule has 0 aliphatic heterocycles. The molecule has 0 unspecified atom stereocenters. The average Bonchev–Trinajstić information content (AvgIpc) is 3.98. The van der Waals surface area contributed by atoms with Crippen LogP contribution in [0.5, 0.6) is 0 Å². The highest BCUT2D eigenvalue weighted by Gasteiger charge is 2.19. The lowest BCUT2D eigenvalue weighted by Gasteiger charge is -1.96. The third-order valence-corrected chi connectivity index (χ3v) is 13.3. The second-order valence-corrected chi connectivity index (χ2v) is 15.9. The minimum Gasteiger partial charge on any atom is -0.435 e. The Morgan fingerprint density at radius 3 is 1.28 bits per heavy atom. The van der Waals surface area contributed by atoms with Crippen molar-refractivity contribution in [1.29, 1.82) is 0 Å². The van der Waals surface area contributed by atoms with E-state index >= 15 is 0 Å². The summed E-state index contributed by atoms with van der Waals surface area (Å²) >= 11 is 5.93. The van der Waals surface area contributed by atoms with Crippen molar-refractivity contribution >= 4 is 78.3 Å². The molecule has 10 aromatic rings. The molecule has 0 atom stereocenters. The van der Waals surface area contributed by atoms with Gasteiger partial charge in [0.25, 0.3) is 0 Å². The topological polar surface area (TPSA) is 52.1 Å². The van der Waals surface area contributed by atoms with E-state index in [0.717, 1.165) is 62.2 Å². The summed E-state index contributed by atoms with van der Waals surface area (Å²) in [6.07, 6.45) is 0. The van der Waals surface area contributed by atoms with Gasteiger partial charge in [0.1, 0.15) is 22.7 Å². The summed E-state index contributed by atoms with van der Waals surface area (Å²) in [6.45, 7) is 0. The van der Waals surface area contributed by atoms with E-state index in [1.54, 1.807) is 12.1 Å². The second kappa shape index (κ2) is 11.7. The minimum absolute atomic E-state index is 0.222. The van der Waals surface area contributed by atoms with E-state index < -0.39 is 0 Å². The van der Waals surface area contributed by atoms with Gasteiger partial charge in [-0.3, -0.25) is 0 Å². The van der Waals surface area contributed by atoms with E-state index in [-0.39, 0.29) is 11.6 Å². The number of hydrogen-bond acceptors (Lipinski definition) is 8. The van der Waals surface area contributed by atoms with Gasteiger partial charge in [0.15, 0.2) is 11.2 Å². The van der Waals surface area contributed by atoms with E-state index in [2.05, 4.69) is 0 Å². The standard InChI is InChI=1S/C40H20F2N2O2S4/c41-25-19-35(49-37(25)21-7-3-1-4-8-21)31-11-13-33(47-31)39-43-27-15-23-18-30-28(16-24(23)17-29(27)45-39)44-40(46-30)34-14-12-32(48-34)36-20-26(42)38(50-36)22-9-5-2-6-10-22/h1-20H. The van der Waals surface area contributed by atoms with Gasteiger partial charge in [-0.15, -0.1) is 45.3 Å². The quantitative estimate of drug-likeness (QED) is 0.171. The van der Waals surface area contributed by atoms with Crippen LogP contribution in [-0.2, 0) is 0 Å². The molecule has 0 fully saturated rings. The molecule has 0 bridgehead atoms. The first-order valence-electron chi connectivity index (χ1n) is 15.6. The number of fused-ring (bicyclic) bond motifs is 3. The monoisotopic (exact) mass is 726 g/mol. The van der Waals surface area contributed by atoms with Crippen LogP contribution < -0.4 is 0 Å². The third kappa shape index (κ3) is 5.11. The zero-order valence-corrected chi connectivity index (χ0v) is 28.9. The van der Waals surface area contributed by atoms with Gasteiger partial charge in [0.2, 0.25) is 11.8 Å². The first kappa shape index (κ1) is 29.6. The second-order valence-electron chi connectivity index (χ2n) is 11.7. The Kier molecular flexibility index (Phi) is 6.92. The molecule has 10 rings (SSSR count). The largest absolute Gasteiger partial charge is 0.435 e. The molecule has 4 nitrogen and oxygen atoms in total. The fourth-order valence-electron chi connectivity index (χ4n) is 6.03. The average molecular weight is 727 g/mol. The summed E-state index contributed by atoms with van der Waals surface area (Å²) in [5.74, 6) is 0.594. The van der Waals surface area contributed by atoms with Crippen molar-refractivity contribution in [1.82, 2.24) is 9.97 Å². The van der Waals surface area contributed by atoms with Crippen molar-refractivity contribution in [3.63, 3.8) is 0 Å². The summed E-state index contributed by atoms with van der Waals surface area (Å²) in [5.41, 5.74) is 4.53. The van der Waals surface area contributed by atoms with Crippen molar-refractivity contribution < 1.29 is 17.6 Å². The highest BCUT2D eigenvalue weighted by molar-refractivity contribution is 7.25. The van der Waals surface area contributed by atoms with Crippen molar-refractivity contribution in [2.75, 3.05) is 0 Å². The number of rotatable bonds is 6. The number of oxazole rings is 2. The Labute approximate surface area is 299 Å². The number of benzene rings is 4. The fourth-order valence-corrected chi connectivity index (χ4v) is 10.1. The molecular weight excluding hydrogens is 707 g/mol. The molecule has 50 heavy (non-hydrogen) atoms. The van der Waals surface area contributed by atoms with Crippen molar-refractivity contribution in [2.24, 2.45) is 0 Å². The summed E-state index contributed by atoms with van der Waals surface area (Å²) < 4.78 is 42.2. The van der Waals surface area contributed by atoms with E-state index in [1.807, 2.05) is 109 Å². The highest BCUT2D eigenvalue weighted by atomic mass is 32.1. The van der Waals surface area contributed by atoms with Crippen molar-refractivity contribution in [3.05, 3.63) is 133 Å². The van der Waals surface area contributed by atoms with Gasteiger partial charge in [-0.25, -0.2) is 18.7 Å². The maximum Gasteiger partial charge on any atom is 0.237 e. The highest BCUT2D eigenvalue weighted by Crippen LogP contribution is 2.44. The molecule has 6 heterocycles. The number of hydrogen-bond donors (Lipinski definition) is 0. The molecule has 0 spiro atoms. The number of thiophene rings is 4. The minimum atomic E-state index is -0.222. The third-order valence-electron chi connectivity index (χ3n) is 8.42. The first-order chi connectivity index (χ1) is 24.5. The molecule has 0 N–H and O–H groups in total. The van der Waals surface area contributed by atoms with Crippen LogP contribution in [0.2, 0.25) is 0 Å². The summed E-state index contributed by atoms with van der Waals surface area (Å²) in [6, 6.07) is 38.2. The van der Waals surface area contributed by atoms with Gasteiger partial charge >= 0.3 is 0 Å². The zero-order valence-electron chi connectivity index (χ0n) is 25.6. The lowest BCUT2D eigenvalue weighted by atomic mass is 10.1. The molecule has 0 aliphatic carbocycles. The van der Waals surface area contributed by atoms with Crippen LogP contribution >= 0.6 is 45.3 Å². The number of aromatic nitrogens is 2. The lowest BCUT2D eigenvalue weighted by Crippen LogP contribution is -1.76. The van der Waals surface area contributed by atoms with Crippen LogP contribution in [0.15, 0.2) is 130 Å². The zero-order chi connectivity index (χ0) is 33.3. The maximum absolute atomic E-state index is 14.9. The lowest BCUT2D eigenvalue weighted by molar-refractivity contribution is 0.621. The molecule has 0 saturated carbocycles. The van der Waals surface area contributed by atoms with Crippen molar-refractivity contribution in [3.8, 4) is 61.9 Å². The van der Waals surface area contributed by atoms with Gasteiger partial charge in [-0.1, -0.05) is 60.7 Å². The van der Waals surface area contributed by atoms with E-state index in [4.69, 9.17) is 18.8 Å². The Morgan fingerprint density at radius 2 is 0.840 bits per heavy atom. The molecule has 0 amide bonds. The van der Waals surface area contributed by atoms with Crippen LogP contribution in [-0.4, -0.2) is 9.97 Å². The predicted octanol–water partition coefficient (Wildman–Crippen LogP) is 13.6. The van der Waals surface area contributed by atoms with Crippen molar-refractivity contribution in [2.45, 2.75) is 0 Å². The first-order valence-corrected chi connectivity index (χ1v) is 18.8. The fraction of sp³-hybridized carbons (Fsp3) is 0.